The summed E-state index contributed by atoms with van der Waals surface area (Å²) in [5, 5.41) is 13.1. The normalized spacial score (nSPS) is 11.5. The number of halogens is 2. The summed E-state index contributed by atoms with van der Waals surface area (Å²) in [7, 11) is 0. The van der Waals surface area contributed by atoms with E-state index < -0.39 is 5.54 Å². The van der Waals surface area contributed by atoms with E-state index in [9.17, 15) is 9.50 Å². The number of ether oxygens (including phenoxy) is 2. The van der Waals surface area contributed by atoms with E-state index in [1.165, 1.54) is 6.07 Å². The highest BCUT2D eigenvalue weighted by molar-refractivity contribution is 6.31. The van der Waals surface area contributed by atoms with Gasteiger partial charge in [0.15, 0.2) is 11.5 Å². The predicted octanol–water partition coefficient (Wildman–Crippen LogP) is 4.32. The second-order valence-electron chi connectivity index (χ2n) is 6.60. The van der Waals surface area contributed by atoms with Crippen LogP contribution in [-0.4, -0.2) is 23.9 Å². The Labute approximate surface area is 158 Å². The van der Waals surface area contributed by atoms with Crippen molar-refractivity contribution < 1.29 is 19.0 Å². The maximum atomic E-state index is 13.8. The molecule has 0 unspecified atom stereocenters. The van der Waals surface area contributed by atoms with Gasteiger partial charge in [-0.1, -0.05) is 29.8 Å². The topological polar surface area (TPSA) is 50.7 Å². The van der Waals surface area contributed by atoms with E-state index in [4.69, 9.17) is 21.1 Å². The van der Waals surface area contributed by atoms with Crippen molar-refractivity contribution >= 4 is 11.6 Å². The van der Waals surface area contributed by atoms with Crippen molar-refractivity contribution in [2.75, 3.05) is 13.2 Å². The largest absolute Gasteiger partial charge is 0.490 e. The van der Waals surface area contributed by atoms with E-state index in [-0.39, 0.29) is 19.0 Å². The minimum absolute atomic E-state index is 0.00672. The average Bonchev–Trinajstić information content (AvgIpc) is 2.62. The van der Waals surface area contributed by atoms with Gasteiger partial charge in [-0.25, -0.2) is 4.39 Å². The number of benzene rings is 2. The minimum Gasteiger partial charge on any atom is -0.490 e. The lowest BCUT2D eigenvalue weighted by molar-refractivity contribution is 0.187. The molecule has 6 heteroatoms. The Hall–Kier alpha value is -1.82. The van der Waals surface area contributed by atoms with Gasteiger partial charge in [-0.3, -0.25) is 0 Å². The first kappa shape index (κ1) is 20.5. The smallest absolute Gasteiger partial charge is 0.163 e. The molecule has 0 heterocycles. The molecule has 0 aliphatic carbocycles. The molecule has 0 aliphatic rings. The van der Waals surface area contributed by atoms with Gasteiger partial charge in [-0.05, 0) is 38.5 Å². The van der Waals surface area contributed by atoms with Crippen LogP contribution in [0.2, 0.25) is 5.02 Å². The van der Waals surface area contributed by atoms with Crippen LogP contribution in [0.4, 0.5) is 4.39 Å². The molecule has 2 aromatic rings. The molecule has 2 rings (SSSR count). The summed E-state index contributed by atoms with van der Waals surface area (Å²) in [5.74, 6) is 0.695. The molecule has 2 aromatic carbocycles. The van der Waals surface area contributed by atoms with Crippen LogP contribution in [-0.2, 0) is 13.2 Å². The lowest BCUT2D eigenvalue weighted by Crippen LogP contribution is -2.42. The molecule has 0 spiro atoms. The number of hydrogen-bond acceptors (Lipinski definition) is 4. The fourth-order valence-electron chi connectivity index (χ4n) is 2.26. The van der Waals surface area contributed by atoms with Crippen molar-refractivity contribution in [3.8, 4) is 11.5 Å². The molecule has 2 N–H and O–H groups in total. The highest BCUT2D eigenvalue weighted by Gasteiger charge is 2.17. The zero-order valence-electron chi connectivity index (χ0n) is 15.3. The second kappa shape index (κ2) is 9.21. The van der Waals surface area contributed by atoms with Gasteiger partial charge in [0.2, 0.25) is 0 Å². The van der Waals surface area contributed by atoms with Gasteiger partial charge < -0.3 is 19.9 Å². The number of rotatable bonds is 9. The van der Waals surface area contributed by atoms with Crippen LogP contribution in [0, 0.1) is 5.82 Å². The van der Waals surface area contributed by atoms with Crippen LogP contribution in [0.3, 0.4) is 0 Å². The molecule has 0 saturated carbocycles. The Morgan fingerprint density at radius 2 is 1.81 bits per heavy atom. The van der Waals surface area contributed by atoms with Gasteiger partial charge in [0, 0.05) is 28.7 Å². The third kappa shape index (κ3) is 5.59. The van der Waals surface area contributed by atoms with Crippen LogP contribution in [0.25, 0.3) is 0 Å². The molecule has 26 heavy (non-hydrogen) atoms. The number of aliphatic hydroxyl groups excluding tert-OH is 1. The maximum Gasteiger partial charge on any atom is 0.163 e. The summed E-state index contributed by atoms with van der Waals surface area (Å²) in [5.41, 5.74) is 0.867. The molecule has 0 bridgehead atoms. The molecule has 0 fully saturated rings. The summed E-state index contributed by atoms with van der Waals surface area (Å²) in [6, 6.07) is 9.95. The van der Waals surface area contributed by atoms with Crippen LogP contribution >= 0.6 is 11.6 Å². The molecular formula is C20H25ClFNO3. The molecule has 0 atom stereocenters. The lowest BCUT2D eigenvalue weighted by atomic mass is 10.1. The number of aliphatic hydroxyl groups is 1. The fraction of sp³-hybridized carbons (Fsp3) is 0.400. The first-order valence-corrected chi connectivity index (χ1v) is 8.91. The molecule has 0 aliphatic heterocycles. The molecule has 0 radical (unpaired) electrons. The molecule has 0 amide bonds. The minimum atomic E-state index is -0.422. The Kier molecular flexibility index (Phi) is 7.26. The van der Waals surface area contributed by atoms with Crippen molar-refractivity contribution in [3.63, 3.8) is 0 Å². The number of nitrogens with one attached hydrogen (secondary N) is 1. The van der Waals surface area contributed by atoms with Gasteiger partial charge in [0.05, 0.1) is 13.2 Å². The zero-order chi connectivity index (χ0) is 19.2. The van der Waals surface area contributed by atoms with Crippen LogP contribution in [0.1, 0.15) is 31.9 Å². The SMILES string of the molecule is CCOc1cc(CNC(C)(C)CO)c(Cl)cc1OCc1ccccc1F. The van der Waals surface area contributed by atoms with Crippen molar-refractivity contribution in [2.24, 2.45) is 0 Å². The van der Waals surface area contributed by atoms with Crippen LogP contribution < -0.4 is 14.8 Å². The van der Waals surface area contributed by atoms with E-state index in [2.05, 4.69) is 5.32 Å². The second-order valence-corrected chi connectivity index (χ2v) is 7.01. The van der Waals surface area contributed by atoms with Gasteiger partial charge >= 0.3 is 0 Å². The molecule has 4 nitrogen and oxygen atoms in total. The van der Waals surface area contributed by atoms with E-state index >= 15 is 0 Å². The highest BCUT2D eigenvalue weighted by atomic mass is 35.5. The summed E-state index contributed by atoms with van der Waals surface area (Å²) in [6.07, 6.45) is 0. The van der Waals surface area contributed by atoms with E-state index in [0.29, 0.717) is 35.2 Å². The van der Waals surface area contributed by atoms with Crippen molar-refractivity contribution in [1.82, 2.24) is 5.32 Å². The van der Waals surface area contributed by atoms with Crippen molar-refractivity contribution in [1.29, 1.82) is 0 Å². The van der Waals surface area contributed by atoms with Gasteiger partial charge in [0.1, 0.15) is 12.4 Å². The summed E-state index contributed by atoms with van der Waals surface area (Å²) in [4.78, 5) is 0. The Morgan fingerprint density at radius 3 is 2.46 bits per heavy atom. The molecular weight excluding hydrogens is 357 g/mol. The average molecular weight is 382 g/mol. The maximum absolute atomic E-state index is 13.8. The van der Waals surface area contributed by atoms with Gasteiger partial charge in [-0.2, -0.15) is 0 Å². The first-order valence-electron chi connectivity index (χ1n) is 8.53. The van der Waals surface area contributed by atoms with E-state index in [0.717, 1.165) is 5.56 Å². The van der Waals surface area contributed by atoms with Gasteiger partial charge in [0.25, 0.3) is 0 Å². The highest BCUT2D eigenvalue weighted by Crippen LogP contribution is 2.34. The zero-order valence-corrected chi connectivity index (χ0v) is 16.1. The van der Waals surface area contributed by atoms with Crippen molar-refractivity contribution in [2.45, 2.75) is 39.5 Å². The quantitative estimate of drug-likeness (QED) is 0.679. The fourth-order valence-corrected chi connectivity index (χ4v) is 2.48. The van der Waals surface area contributed by atoms with Crippen LogP contribution in [0.5, 0.6) is 11.5 Å². The summed E-state index contributed by atoms with van der Waals surface area (Å²) < 4.78 is 25.2. The first-order chi connectivity index (χ1) is 12.4. The third-order valence-electron chi connectivity index (χ3n) is 3.91. The molecule has 0 aromatic heterocycles. The molecule has 0 saturated heterocycles. The van der Waals surface area contributed by atoms with Gasteiger partial charge in [-0.15, -0.1) is 0 Å². The van der Waals surface area contributed by atoms with E-state index in [1.807, 2.05) is 26.8 Å². The summed E-state index contributed by atoms with van der Waals surface area (Å²) in [6.45, 7) is 6.70. The Morgan fingerprint density at radius 1 is 1.12 bits per heavy atom. The third-order valence-corrected chi connectivity index (χ3v) is 4.26. The van der Waals surface area contributed by atoms with Crippen LogP contribution in [0.15, 0.2) is 36.4 Å². The Bertz CT molecular complexity index is 737. The predicted molar refractivity (Wildman–Crippen MR) is 101 cm³/mol. The standard InChI is InChI=1S/C20H25ClFNO3/c1-4-25-18-9-15(11-23-20(2,3)13-24)16(21)10-19(18)26-12-14-7-5-6-8-17(14)22/h5-10,23-24H,4,11-13H2,1-3H3. The summed E-state index contributed by atoms with van der Waals surface area (Å²) >= 11 is 6.37. The Balaban J connectivity index is 2.18. The van der Waals surface area contributed by atoms with E-state index in [1.54, 1.807) is 24.3 Å². The molecule has 142 valence electrons. The monoisotopic (exact) mass is 381 g/mol. The lowest BCUT2D eigenvalue weighted by Gasteiger charge is -2.24. The number of hydrogen-bond donors (Lipinski definition) is 2. The van der Waals surface area contributed by atoms with Crippen molar-refractivity contribution in [3.05, 3.63) is 58.4 Å².